The van der Waals surface area contributed by atoms with Crippen molar-refractivity contribution in [3.63, 3.8) is 0 Å². The number of rotatable bonds is 3. The van der Waals surface area contributed by atoms with Gasteiger partial charge >= 0.3 is 0 Å². The van der Waals surface area contributed by atoms with E-state index in [0.717, 1.165) is 0 Å². The number of anilines is 1. The molecule has 1 aromatic heterocycles. The summed E-state index contributed by atoms with van der Waals surface area (Å²) in [5.41, 5.74) is 2.75. The van der Waals surface area contributed by atoms with Crippen LogP contribution in [0.5, 0.6) is 0 Å². The molecule has 0 atom stereocenters. The summed E-state index contributed by atoms with van der Waals surface area (Å²) in [7, 11) is 0. The second kappa shape index (κ2) is 7.41. The quantitative estimate of drug-likeness (QED) is 0.585. The largest absolute Gasteiger partial charge is 0.322 e. The molecule has 0 aliphatic heterocycles. The summed E-state index contributed by atoms with van der Waals surface area (Å²) in [6.07, 6.45) is 0. The molecule has 4 rings (SSSR count). The zero-order chi connectivity index (χ0) is 20.4. The van der Waals surface area contributed by atoms with Crippen LogP contribution in [0.15, 0.2) is 77.6 Å². The van der Waals surface area contributed by atoms with E-state index in [1.807, 2.05) is 24.3 Å². The number of amides is 1. The van der Waals surface area contributed by atoms with Crippen molar-refractivity contribution in [2.24, 2.45) is 0 Å². The summed E-state index contributed by atoms with van der Waals surface area (Å²) in [4.78, 5) is 29.8. The van der Waals surface area contributed by atoms with Crippen LogP contribution in [-0.4, -0.2) is 15.5 Å². The molecule has 0 saturated carbocycles. The SMILES string of the molecule is Cc1nc2ccccc2c(=O)n1-c1ccc(NC(=O)c2ccc(C#N)cc2)cc1. The monoisotopic (exact) mass is 380 g/mol. The van der Waals surface area contributed by atoms with Crippen molar-refractivity contribution in [1.82, 2.24) is 9.55 Å². The summed E-state index contributed by atoms with van der Waals surface area (Å²) in [5, 5.41) is 12.2. The molecule has 0 aliphatic rings. The number of aromatic nitrogens is 2. The lowest BCUT2D eigenvalue weighted by Crippen LogP contribution is -2.22. The lowest BCUT2D eigenvalue weighted by atomic mass is 10.1. The van der Waals surface area contributed by atoms with Gasteiger partial charge in [-0.3, -0.25) is 14.2 Å². The number of benzene rings is 3. The minimum atomic E-state index is -0.275. The van der Waals surface area contributed by atoms with E-state index in [2.05, 4.69) is 10.3 Å². The first-order chi connectivity index (χ1) is 14.1. The van der Waals surface area contributed by atoms with Gasteiger partial charge in [-0.2, -0.15) is 5.26 Å². The predicted octanol–water partition coefficient (Wildman–Crippen LogP) is 3.82. The van der Waals surface area contributed by atoms with Crippen LogP contribution in [0.4, 0.5) is 5.69 Å². The van der Waals surface area contributed by atoms with E-state index in [1.165, 1.54) is 0 Å². The average Bonchev–Trinajstić information content (AvgIpc) is 2.75. The van der Waals surface area contributed by atoms with Crippen molar-refractivity contribution in [3.05, 3.63) is 100 Å². The highest BCUT2D eigenvalue weighted by molar-refractivity contribution is 6.04. The second-order valence-corrected chi connectivity index (χ2v) is 6.51. The second-order valence-electron chi connectivity index (χ2n) is 6.51. The van der Waals surface area contributed by atoms with Crippen molar-refractivity contribution in [2.75, 3.05) is 5.32 Å². The van der Waals surface area contributed by atoms with Gasteiger partial charge in [-0.25, -0.2) is 4.98 Å². The van der Waals surface area contributed by atoms with Gasteiger partial charge in [0.2, 0.25) is 0 Å². The third-order valence-corrected chi connectivity index (χ3v) is 4.60. The number of nitrogens with one attached hydrogen (secondary N) is 1. The normalized spacial score (nSPS) is 10.5. The number of carbonyl (C=O) groups excluding carboxylic acids is 1. The van der Waals surface area contributed by atoms with E-state index in [4.69, 9.17) is 5.26 Å². The van der Waals surface area contributed by atoms with Gasteiger partial charge in [0, 0.05) is 11.3 Å². The molecule has 0 saturated heterocycles. The van der Waals surface area contributed by atoms with Crippen molar-refractivity contribution >= 4 is 22.5 Å². The van der Waals surface area contributed by atoms with Gasteiger partial charge in [0.05, 0.1) is 28.2 Å². The maximum atomic E-state index is 12.9. The molecular weight excluding hydrogens is 364 g/mol. The van der Waals surface area contributed by atoms with Crippen LogP contribution >= 0.6 is 0 Å². The molecule has 0 fully saturated rings. The lowest BCUT2D eigenvalue weighted by molar-refractivity contribution is 0.102. The number of aryl methyl sites for hydroxylation is 1. The molecule has 0 spiro atoms. The summed E-state index contributed by atoms with van der Waals surface area (Å²) in [6, 6.07) is 22.7. The minimum Gasteiger partial charge on any atom is -0.322 e. The van der Waals surface area contributed by atoms with Gasteiger partial charge in [-0.05, 0) is 67.6 Å². The minimum absolute atomic E-state index is 0.137. The van der Waals surface area contributed by atoms with Crippen molar-refractivity contribution in [3.8, 4) is 11.8 Å². The molecule has 1 amide bonds. The molecule has 1 N–H and O–H groups in total. The summed E-state index contributed by atoms with van der Waals surface area (Å²) in [5.74, 6) is 0.311. The highest BCUT2D eigenvalue weighted by Gasteiger charge is 2.10. The van der Waals surface area contributed by atoms with E-state index in [9.17, 15) is 9.59 Å². The van der Waals surface area contributed by atoms with Gasteiger partial charge < -0.3 is 5.32 Å². The molecule has 29 heavy (non-hydrogen) atoms. The molecular formula is C23H16N4O2. The zero-order valence-electron chi connectivity index (χ0n) is 15.6. The third-order valence-electron chi connectivity index (χ3n) is 4.60. The number of fused-ring (bicyclic) bond motifs is 1. The first kappa shape index (κ1) is 18.1. The molecule has 0 unspecified atom stereocenters. The van der Waals surface area contributed by atoms with Gasteiger partial charge in [0.1, 0.15) is 5.82 Å². The van der Waals surface area contributed by atoms with Crippen LogP contribution in [0.3, 0.4) is 0 Å². The van der Waals surface area contributed by atoms with Crippen LogP contribution in [0, 0.1) is 18.3 Å². The molecule has 0 bridgehead atoms. The van der Waals surface area contributed by atoms with Crippen molar-refractivity contribution < 1.29 is 4.79 Å². The van der Waals surface area contributed by atoms with E-state index >= 15 is 0 Å². The van der Waals surface area contributed by atoms with Gasteiger partial charge in [-0.15, -0.1) is 0 Å². The average molecular weight is 380 g/mol. The Labute approximate surface area is 166 Å². The standard InChI is InChI=1S/C23H16N4O2/c1-15-25-21-5-3-2-4-20(21)23(29)27(15)19-12-10-18(11-13-19)26-22(28)17-8-6-16(14-24)7-9-17/h2-13H,1H3,(H,26,28). The number of hydrogen-bond acceptors (Lipinski definition) is 4. The van der Waals surface area contributed by atoms with E-state index in [0.29, 0.717) is 39.2 Å². The maximum Gasteiger partial charge on any atom is 0.265 e. The molecule has 3 aromatic carbocycles. The zero-order valence-corrected chi connectivity index (χ0v) is 15.6. The molecule has 1 heterocycles. The van der Waals surface area contributed by atoms with Gasteiger partial charge in [-0.1, -0.05) is 12.1 Å². The maximum absolute atomic E-state index is 12.9. The number of nitriles is 1. The summed E-state index contributed by atoms with van der Waals surface area (Å²) < 4.78 is 1.55. The Balaban J connectivity index is 1.61. The Morgan fingerprint density at radius 2 is 1.69 bits per heavy atom. The fourth-order valence-electron chi connectivity index (χ4n) is 3.14. The highest BCUT2D eigenvalue weighted by atomic mass is 16.1. The van der Waals surface area contributed by atoms with E-state index < -0.39 is 0 Å². The first-order valence-corrected chi connectivity index (χ1v) is 8.97. The van der Waals surface area contributed by atoms with Crippen molar-refractivity contribution in [1.29, 1.82) is 5.26 Å². The molecule has 0 radical (unpaired) electrons. The van der Waals surface area contributed by atoms with Crippen LogP contribution in [0.2, 0.25) is 0 Å². The molecule has 140 valence electrons. The molecule has 0 aliphatic carbocycles. The highest BCUT2D eigenvalue weighted by Crippen LogP contribution is 2.16. The molecule has 6 nitrogen and oxygen atoms in total. The predicted molar refractivity (Wildman–Crippen MR) is 111 cm³/mol. The lowest BCUT2D eigenvalue weighted by Gasteiger charge is -2.12. The smallest absolute Gasteiger partial charge is 0.265 e. The van der Waals surface area contributed by atoms with E-state index in [1.54, 1.807) is 66.1 Å². The number of para-hydroxylation sites is 1. The van der Waals surface area contributed by atoms with Crippen LogP contribution in [0.25, 0.3) is 16.6 Å². The van der Waals surface area contributed by atoms with Gasteiger partial charge in [0.25, 0.3) is 11.5 Å². The fourth-order valence-corrected chi connectivity index (χ4v) is 3.14. The fraction of sp³-hybridized carbons (Fsp3) is 0.0435. The molecule has 6 heteroatoms. The summed E-state index contributed by atoms with van der Waals surface area (Å²) >= 11 is 0. The number of hydrogen-bond donors (Lipinski definition) is 1. The Kier molecular flexibility index (Phi) is 4.63. The molecule has 4 aromatic rings. The van der Waals surface area contributed by atoms with Crippen LogP contribution in [0.1, 0.15) is 21.7 Å². The third kappa shape index (κ3) is 3.49. The Morgan fingerprint density at radius 1 is 1.00 bits per heavy atom. The van der Waals surface area contributed by atoms with Crippen LogP contribution < -0.4 is 10.9 Å². The Bertz CT molecular complexity index is 1310. The van der Waals surface area contributed by atoms with E-state index in [-0.39, 0.29) is 11.5 Å². The summed E-state index contributed by atoms with van der Waals surface area (Å²) in [6.45, 7) is 1.79. The van der Waals surface area contributed by atoms with Crippen molar-refractivity contribution in [2.45, 2.75) is 6.92 Å². The Hall–Kier alpha value is -4.24. The number of nitrogens with zero attached hydrogens (tertiary/aromatic N) is 3. The topological polar surface area (TPSA) is 87.8 Å². The first-order valence-electron chi connectivity index (χ1n) is 8.97. The Morgan fingerprint density at radius 3 is 2.38 bits per heavy atom. The number of carbonyl (C=O) groups is 1. The van der Waals surface area contributed by atoms with Gasteiger partial charge in [0.15, 0.2) is 0 Å². The van der Waals surface area contributed by atoms with Crippen LogP contribution in [-0.2, 0) is 0 Å².